The monoisotopic (exact) mass is 516 g/mol. The molecule has 0 spiro atoms. The molecular formula is C21H21IN6S. The second kappa shape index (κ2) is 8.68. The highest BCUT2D eigenvalue weighted by molar-refractivity contribution is 14.1. The summed E-state index contributed by atoms with van der Waals surface area (Å²) in [4.78, 5) is 16.6. The minimum atomic E-state index is 0.549. The van der Waals surface area contributed by atoms with Crippen LogP contribution in [0.4, 0.5) is 17.3 Å². The van der Waals surface area contributed by atoms with E-state index in [0.29, 0.717) is 12.4 Å². The van der Waals surface area contributed by atoms with E-state index in [-0.39, 0.29) is 0 Å². The van der Waals surface area contributed by atoms with Crippen LogP contribution in [-0.2, 0) is 12.8 Å². The molecule has 4 rings (SSSR count). The van der Waals surface area contributed by atoms with Gasteiger partial charge in [-0.15, -0.1) is 0 Å². The van der Waals surface area contributed by atoms with Gasteiger partial charge in [0.1, 0.15) is 0 Å². The van der Waals surface area contributed by atoms with Gasteiger partial charge in [0.15, 0.2) is 0 Å². The second-order valence-corrected chi connectivity index (χ2v) is 8.98. The molecule has 8 heteroatoms. The maximum Gasteiger partial charge on any atom is 0.227 e. The molecule has 6 nitrogen and oxygen atoms in total. The summed E-state index contributed by atoms with van der Waals surface area (Å²) in [5.74, 6) is 0.549. The van der Waals surface area contributed by atoms with Crippen molar-refractivity contribution < 1.29 is 0 Å². The van der Waals surface area contributed by atoms with E-state index in [2.05, 4.69) is 86.5 Å². The third-order valence-electron chi connectivity index (χ3n) is 4.63. The molecule has 0 amide bonds. The van der Waals surface area contributed by atoms with Gasteiger partial charge in [0.2, 0.25) is 5.95 Å². The van der Waals surface area contributed by atoms with Gasteiger partial charge in [-0.25, -0.2) is 9.97 Å². The number of nitrogens with zero attached hydrogens (tertiary/aromatic N) is 4. The van der Waals surface area contributed by atoms with Gasteiger partial charge in [0.05, 0.1) is 22.6 Å². The lowest BCUT2D eigenvalue weighted by Crippen LogP contribution is -2.15. The molecule has 148 valence electrons. The fraction of sp³-hybridized carbons (Fsp3) is 0.238. The molecule has 0 unspecified atom stereocenters. The number of halogens is 1. The maximum atomic E-state index is 5.49. The fourth-order valence-electron chi connectivity index (χ4n) is 3.20. The molecule has 0 atom stereocenters. The lowest BCUT2D eigenvalue weighted by Gasteiger charge is -2.12. The predicted octanol–water partition coefficient (Wildman–Crippen LogP) is 4.29. The summed E-state index contributed by atoms with van der Waals surface area (Å²) in [6.45, 7) is 0.975. The molecule has 3 aromatic rings. The van der Waals surface area contributed by atoms with Crippen molar-refractivity contribution >= 4 is 57.1 Å². The number of pyridine rings is 1. The van der Waals surface area contributed by atoms with Crippen LogP contribution in [0, 0.1) is 3.57 Å². The summed E-state index contributed by atoms with van der Waals surface area (Å²) in [5.41, 5.74) is 5.99. The Morgan fingerprint density at radius 3 is 2.90 bits per heavy atom. The molecule has 3 heterocycles. The van der Waals surface area contributed by atoms with Crippen molar-refractivity contribution in [3.05, 3.63) is 57.6 Å². The SMILES string of the molecule is CN(C)CCc1cncc(Nc2ncc3c(n2)-c2ccc(I)cc2NC(=S)C3)c1. The third-order valence-corrected chi connectivity index (χ3v) is 5.54. The maximum absolute atomic E-state index is 5.49. The first kappa shape index (κ1) is 20.1. The first-order valence-corrected chi connectivity index (χ1v) is 10.8. The number of hydrogen-bond acceptors (Lipinski definition) is 6. The number of fused-ring (bicyclic) bond motifs is 3. The van der Waals surface area contributed by atoms with Crippen LogP contribution in [0.3, 0.4) is 0 Å². The molecule has 1 aliphatic heterocycles. The molecule has 0 bridgehead atoms. The second-order valence-electron chi connectivity index (χ2n) is 7.24. The first-order chi connectivity index (χ1) is 14.0. The average molecular weight is 516 g/mol. The summed E-state index contributed by atoms with van der Waals surface area (Å²) in [5, 5.41) is 6.64. The highest BCUT2D eigenvalue weighted by Crippen LogP contribution is 2.34. The predicted molar refractivity (Wildman–Crippen MR) is 130 cm³/mol. The molecule has 1 aliphatic rings. The topological polar surface area (TPSA) is 66.0 Å². The Bertz CT molecular complexity index is 1070. The van der Waals surface area contributed by atoms with Crippen molar-refractivity contribution in [2.75, 3.05) is 31.3 Å². The Balaban J connectivity index is 1.64. The molecule has 0 radical (unpaired) electrons. The zero-order chi connectivity index (χ0) is 20.4. The van der Waals surface area contributed by atoms with Gasteiger partial charge < -0.3 is 15.5 Å². The van der Waals surface area contributed by atoms with E-state index in [1.807, 2.05) is 12.4 Å². The fourth-order valence-corrected chi connectivity index (χ4v) is 3.95. The van der Waals surface area contributed by atoms with Crippen LogP contribution in [0.25, 0.3) is 11.3 Å². The van der Waals surface area contributed by atoms with Crippen LogP contribution in [0.15, 0.2) is 42.9 Å². The first-order valence-electron chi connectivity index (χ1n) is 9.29. The number of rotatable bonds is 5. The Morgan fingerprint density at radius 1 is 1.21 bits per heavy atom. The number of nitrogens with one attached hydrogen (secondary N) is 2. The molecular weight excluding hydrogens is 495 g/mol. The Morgan fingerprint density at radius 2 is 2.07 bits per heavy atom. The third kappa shape index (κ3) is 4.88. The quantitative estimate of drug-likeness (QED) is 0.388. The summed E-state index contributed by atoms with van der Waals surface area (Å²) >= 11 is 7.79. The van der Waals surface area contributed by atoms with Crippen molar-refractivity contribution in [1.82, 2.24) is 19.9 Å². The van der Waals surface area contributed by atoms with Gasteiger partial charge >= 0.3 is 0 Å². The lowest BCUT2D eigenvalue weighted by molar-refractivity contribution is 0.413. The number of likely N-dealkylation sites (N-methyl/N-ethyl adjacent to an activating group) is 1. The number of anilines is 3. The van der Waals surface area contributed by atoms with Crippen LogP contribution in [0.1, 0.15) is 11.1 Å². The zero-order valence-electron chi connectivity index (χ0n) is 16.2. The van der Waals surface area contributed by atoms with Crippen molar-refractivity contribution in [3.63, 3.8) is 0 Å². The van der Waals surface area contributed by atoms with Crippen LogP contribution in [0.2, 0.25) is 0 Å². The van der Waals surface area contributed by atoms with E-state index in [4.69, 9.17) is 17.2 Å². The van der Waals surface area contributed by atoms with Crippen LogP contribution < -0.4 is 10.6 Å². The normalized spacial score (nSPS) is 12.8. The van der Waals surface area contributed by atoms with Gasteiger partial charge in [0, 0.05) is 45.7 Å². The summed E-state index contributed by atoms with van der Waals surface area (Å²) in [6.07, 6.45) is 7.11. The molecule has 2 N–H and O–H groups in total. The van der Waals surface area contributed by atoms with Crippen molar-refractivity contribution in [1.29, 1.82) is 0 Å². The Hall–Kier alpha value is -2.17. The van der Waals surface area contributed by atoms with E-state index < -0.39 is 0 Å². The smallest absolute Gasteiger partial charge is 0.227 e. The molecule has 0 fully saturated rings. The van der Waals surface area contributed by atoms with E-state index in [0.717, 1.165) is 49.7 Å². The molecule has 0 aliphatic carbocycles. The summed E-state index contributed by atoms with van der Waals surface area (Å²) in [7, 11) is 4.14. The number of aromatic nitrogens is 3. The Kier molecular flexibility index (Phi) is 6.02. The van der Waals surface area contributed by atoms with Crippen LogP contribution in [-0.4, -0.2) is 45.5 Å². The molecule has 2 aromatic heterocycles. The number of hydrogen-bond donors (Lipinski definition) is 2. The van der Waals surface area contributed by atoms with Gasteiger partial charge in [0.25, 0.3) is 0 Å². The van der Waals surface area contributed by atoms with Crippen LogP contribution >= 0.6 is 34.8 Å². The average Bonchev–Trinajstić information content (AvgIpc) is 2.81. The Labute approximate surface area is 189 Å². The van der Waals surface area contributed by atoms with E-state index in [1.165, 1.54) is 5.56 Å². The van der Waals surface area contributed by atoms with Crippen LogP contribution in [0.5, 0.6) is 0 Å². The van der Waals surface area contributed by atoms with Gasteiger partial charge in [-0.1, -0.05) is 12.2 Å². The summed E-state index contributed by atoms with van der Waals surface area (Å²) in [6, 6.07) is 8.34. The van der Waals surface area contributed by atoms with E-state index in [1.54, 1.807) is 6.20 Å². The van der Waals surface area contributed by atoms with Gasteiger partial charge in [-0.05, 0) is 72.9 Å². The zero-order valence-corrected chi connectivity index (χ0v) is 19.2. The standard InChI is InChI=1S/C21H21IN6S/c1-28(2)6-5-13-7-16(12-23-10-13)25-21-24-11-14-8-19(29)26-18-9-15(22)3-4-17(18)20(14)27-21/h3-4,7,9-12H,5-6,8H2,1-2H3,(H,26,29)(H,24,25,27). The highest BCUT2D eigenvalue weighted by atomic mass is 127. The van der Waals surface area contributed by atoms with Crippen molar-refractivity contribution in [2.24, 2.45) is 0 Å². The van der Waals surface area contributed by atoms with E-state index in [9.17, 15) is 0 Å². The number of thiocarbonyl (C=S) groups is 1. The van der Waals surface area contributed by atoms with E-state index >= 15 is 0 Å². The van der Waals surface area contributed by atoms with Crippen molar-refractivity contribution in [3.8, 4) is 11.3 Å². The summed E-state index contributed by atoms with van der Waals surface area (Å²) < 4.78 is 1.15. The number of benzene rings is 1. The molecule has 0 saturated heterocycles. The molecule has 29 heavy (non-hydrogen) atoms. The largest absolute Gasteiger partial charge is 0.349 e. The van der Waals surface area contributed by atoms with Gasteiger partial charge in [-0.2, -0.15) is 0 Å². The lowest BCUT2D eigenvalue weighted by atomic mass is 10.1. The highest BCUT2D eigenvalue weighted by Gasteiger charge is 2.19. The molecule has 1 aromatic carbocycles. The van der Waals surface area contributed by atoms with Gasteiger partial charge in [-0.3, -0.25) is 4.98 Å². The minimum Gasteiger partial charge on any atom is -0.349 e. The minimum absolute atomic E-state index is 0.549. The van der Waals surface area contributed by atoms with Crippen molar-refractivity contribution in [2.45, 2.75) is 12.8 Å². The molecule has 0 saturated carbocycles.